The third kappa shape index (κ3) is 6.87. The number of hydrogen-bond acceptors (Lipinski definition) is 4. The quantitative estimate of drug-likeness (QED) is 0.771. The molecule has 0 radical (unpaired) electrons. The Kier molecular flexibility index (Phi) is 5.01. The highest BCUT2D eigenvalue weighted by Crippen LogP contribution is 2.14. The standard InChI is InChI=1S/C10H13F3N2O3S/c11-10(12,13)7-15-19(16,17)6-5-18-9-3-1-8(14)2-4-9/h1-4,15H,5-7,14H2. The Morgan fingerprint density at radius 3 is 2.32 bits per heavy atom. The molecule has 5 nitrogen and oxygen atoms in total. The number of benzene rings is 1. The first-order valence-corrected chi connectivity index (χ1v) is 6.86. The molecule has 0 heterocycles. The molecule has 3 N–H and O–H groups in total. The largest absolute Gasteiger partial charge is 0.492 e. The van der Waals surface area contributed by atoms with Gasteiger partial charge in [0.05, 0.1) is 5.75 Å². The summed E-state index contributed by atoms with van der Waals surface area (Å²) in [6.45, 7) is -1.84. The van der Waals surface area contributed by atoms with Crippen LogP contribution in [0.1, 0.15) is 0 Å². The van der Waals surface area contributed by atoms with E-state index in [0.29, 0.717) is 11.4 Å². The van der Waals surface area contributed by atoms with Gasteiger partial charge in [-0.3, -0.25) is 0 Å². The summed E-state index contributed by atoms with van der Waals surface area (Å²) in [6, 6.07) is 6.19. The number of nitrogen functional groups attached to an aromatic ring is 1. The molecule has 0 spiro atoms. The Morgan fingerprint density at radius 2 is 1.79 bits per heavy atom. The van der Waals surface area contributed by atoms with Gasteiger partial charge in [0.2, 0.25) is 10.0 Å². The van der Waals surface area contributed by atoms with Gasteiger partial charge in [0, 0.05) is 5.69 Å². The second-order valence-corrected chi connectivity index (χ2v) is 5.60. The van der Waals surface area contributed by atoms with Gasteiger partial charge >= 0.3 is 6.18 Å². The maximum Gasteiger partial charge on any atom is 0.402 e. The molecule has 0 aliphatic carbocycles. The first-order valence-electron chi connectivity index (χ1n) is 5.20. The lowest BCUT2D eigenvalue weighted by Crippen LogP contribution is -2.36. The Morgan fingerprint density at radius 1 is 1.21 bits per heavy atom. The molecule has 0 aliphatic heterocycles. The minimum Gasteiger partial charge on any atom is -0.492 e. The zero-order chi connectivity index (χ0) is 14.5. The normalized spacial score (nSPS) is 12.4. The summed E-state index contributed by atoms with van der Waals surface area (Å²) >= 11 is 0. The lowest BCUT2D eigenvalue weighted by Gasteiger charge is -2.10. The average molecular weight is 298 g/mol. The SMILES string of the molecule is Nc1ccc(OCCS(=O)(=O)NCC(F)(F)F)cc1. The molecule has 1 aromatic rings. The molecule has 1 aromatic carbocycles. The molecule has 0 unspecified atom stereocenters. The number of rotatable bonds is 6. The molecule has 1 rings (SSSR count). The van der Waals surface area contributed by atoms with Gasteiger partial charge in [-0.05, 0) is 24.3 Å². The highest BCUT2D eigenvalue weighted by Gasteiger charge is 2.29. The fraction of sp³-hybridized carbons (Fsp3) is 0.400. The second-order valence-electron chi connectivity index (χ2n) is 3.67. The molecule has 9 heteroatoms. The van der Waals surface area contributed by atoms with Crippen LogP contribution in [0.3, 0.4) is 0 Å². The molecule has 0 aromatic heterocycles. The van der Waals surface area contributed by atoms with Crippen molar-refractivity contribution < 1.29 is 26.3 Å². The van der Waals surface area contributed by atoms with Crippen molar-refractivity contribution in [2.24, 2.45) is 0 Å². The predicted octanol–water partition coefficient (Wildman–Crippen LogP) is 1.13. The van der Waals surface area contributed by atoms with Gasteiger partial charge in [-0.2, -0.15) is 13.2 Å². The van der Waals surface area contributed by atoms with E-state index in [1.165, 1.54) is 16.9 Å². The summed E-state index contributed by atoms with van der Waals surface area (Å²) in [5, 5.41) is 0. The Bertz CT molecular complexity index is 500. The van der Waals surface area contributed by atoms with E-state index in [1.807, 2.05) is 0 Å². The number of alkyl halides is 3. The smallest absolute Gasteiger partial charge is 0.402 e. The molecule has 0 amide bonds. The molecule has 0 saturated carbocycles. The lowest BCUT2D eigenvalue weighted by molar-refractivity contribution is -0.121. The zero-order valence-electron chi connectivity index (χ0n) is 9.77. The number of nitrogens with two attached hydrogens (primary N) is 1. The van der Waals surface area contributed by atoms with E-state index in [0.717, 1.165) is 0 Å². The van der Waals surface area contributed by atoms with Crippen LogP contribution in [0, 0.1) is 0 Å². The monoisotopic (exact) mass is 298 g/mol. The first-order chi connectivity index (χ1) is 8.68. The van der Waals surface area contributed by atoms with Gasteiger partial charge in [0.1, 0.15) is 18.9 Å². The molecule has 0 atom stereocenters. The van der Waals surface area contributed by atoms with E-state index in [4.69, 9.17) is 10.5 Å². The fourth-order valence-corrected chi connectivity index (χ4v) is 1.93. The summed E-state index contributed by atoms with van der Waals surface area (Å²) < 4.78 is 64.5. The van der Waals surface area contributed by atoms with Gasteiger partial charge in [-0.25, -0.2) is 13.1 Å². The van der Waals surface area contributed by atoms with Gasteiger partial charge in [0.15, 0.2) is 0 Å². The highest BCUT2D eigenvalue weighted by molar-refractivity contribution is 7.89. The van der Waals surface area contributed by atoms with Crippen molar-refractivity contribution in [2.45, 2.75) is 6.18 Å². The van der Waals surface area contributed by atoms with Crippen molar-refractivity contribution in [3.05, 3.63) is 24.3 Å². The van der Waals surface area contributed by atoms with Crippen LogP contribution in [0.15, 0.2) is 24.3 Å². The van der Waals surface area contributed by atoms with Crippen molar-refractivity contribution >= 4 is 15.7 Å². The van der Waals surface area contributed by atoms with Crippen LogP contribution in [0.2, 0.25) is 0 Å². The molecule has 0 fully saturated rings. The van der Waals surface area contributed by atoms with Gasteiger partial charge in [-0.1, -0.05) is 0 Å². The molecule has 0 bridgehead atoms. The van der Waals surface area contributed by atoms with E-state index in [9.17, 15) is 21.6 Å². The van der Waals surface area contributed by atoms with Crippen molar-refractivity contribution in [3.8, 4) is 5.75 Å². The minimum atomic E-state index is -4.58. The lowest BCUT2D eigenvalue weighted by atomic mass is 10.3. The van der Waals surface area contributed by atoms with Gasteiger partial charge in [0.25, 0.3) is 0 Å². The number of halogens is 3. The van der Waals surface area contributed by atoms with Crippen LogP contribution in [0.4, 0.5) is 18.9 Å². The zero-order valence-corrected chi connectivity index (χ0v) is 10.6. The third-order valence-corrected chi connectivity index (χ3v) is 3.28. The van der Waals surface area contributed by atoms with Crippen molar-refractivity contribution in [3.63, 3.8) is 0 Å². The van der Waals surface area contributed by atoms with Crippen molar-refractivity contribution in [2.75, 3.05) is 24.6 Å². The highest BCUT2D eigenvalue weighted by atomic mass is 32.2. The minimum absolute atomic E-state index is 0.253. The van der Waals surface area contributed by atoms with Crippen LogP contribution in [0.5, 0.6) is 5.75 Å². The van der Waals surface area contributed by atoms with E-state index in [2.05, 4.69) is 0 Å². The summed E-state index contributed by atoms with van der Waals surface area (Å²) in [6.07, 6.45) is -4.58. The molecule has 108 valence electrons. The first kappa shape index (κ1) is 15.6. The number of hydrogen-bond donors (Lipinski definition) is 2. The van der Waals surface area contributed by atoms with Crippen molar-refractivity contribution in [1.29, 1.82) is 0 Å². The second kappa shape index (κ2) is 6.11. The summed E-state index contributed by atoms with van der Waals surface area (Å²) in [4.78, 5) is 0. The van der Waals surface area contributed by atoms with Crippen LogP contribution in [0.25, 0.3) is 0 Å². The Labute approximate surface area is 108 Å². The number of ether oxygens (including phenoxy) is 1. The van der Waals surface area contributed by atoms with Gasteiger partial charge in [-0.15, -0.1) is 0 Å². The molecular weight excluding hydrogens is 285 g/mol. The number of sulfonamides is 1. The summed E-state index contributed by atoms with van der Waals surface area (Å²) in [7, 11) is -4.01. The van der Waals surface area contributed by atoms with Crippen LogP contribution < -0.4 is 15.2 Å². The van der Waals surface area contributed by atoms with E-state index < -0.39 is 28.5 Å². The maximum atomic E-state index is 11.8. The van der Waals surface area contributed by atoms with Crippen LogP contribution in [-0.4, -0.2) is 33.5 Å². The topological polar surface area (TPSA) is 81.4 Å². The van der Waals surface area contributed by atoms with E-state index >= 15 is 0 Å². The Balaban J connectivity index is 2.37. The van der Waals surface area contributed by atoms with Crippen molar-refractivity contribution in [1.82, 2.24) is 4.72 Å². The maximum absolute atomic E-state index is 11.8. The fourth-order valence-electron chi connectivity index (χ4n) is 1.10. The molecule has 19 heavy (non-hydrogen) atoms. The van der Waals surface area contributed by atoms with Gasteiger partial charge < -0.3 is 10.5 Å². The number of nitrogens with one attached hydrogen (secondary N) is 1. The molecule has 0 aliphatic rings. The summed E-state index contributed by atoms with van der Waals surface area (Å²) in [5.41, 5.74) is 5.96. The van der Waals surface area contributed by atoms with E-state index in [-0.39, 0.29) is 6.61 Å². The summed E-state index contributed by atoms with van der Waals surface area (Å²) in [5.74, 6) is -0.173. The van der Waals surface area contributed by atoms with Crippen LogP contribution >= 0.6 is 0 Å². The Hall–Kier alpha value is -1.48. The molecular formula is C10H13F3N2O3S. The third-order valence-electron chi connectivity index (χ3n) is 1.99. The predicted molar refractivity (Wildman–Crippen MR) is 64.2 cm³/mol. The molecule has 0 saturated heterocycles. The average Bonchev–Trinajstić information content (AvgIpc) is 2.29. The van der Waals surface area contributed by atoms with E-state index in [1.54, 1.807) is 12.1 Å². The van der Waals surface area contributed by atoms with Crippen LogP contribution in [-0.2, 0) is 10.0 Å². The number of anilines is 1.